The number of aromatic hydroxyl groups is 1. The molecule has 18 heavy (non-hydrogen) atoms. The summed E-state index contributed by atoms with van der Waals surface area (Å²) in [6, 6.07) is 7.88. The van der Waals surface area contributed by atoms with Gasteiger partial charge in [-0.1, -0.05) is 0 Å². The molecule has 0 aliphatic carbocycles. The van der Waals surface area contributed by atoms with Gasteiger partial charge in [-0.15, -0.1) is 0 Å². The van der Waals surface area contributed by atoms with Crippen LogP contribution in [0.4, 0.5) is 0 Å². The molecule has 0 unspecified atom stereocenters. The molecule has 1 N–H and O–H groups in total. The highest BCUT2D eigenvalue weighted by Crippen LogP contribution is 2.27. The molecule has 0 saturated carbocycles. The van der Waals surface area contributed by atoms with Crippen LogP contribution in [-0.4, -0.2) is 5.11 Å². The normalized spacial score (nSPS) is 10.9. The molecule has 0 aliphatic rings. The SMILES string of the molecule is Cc1c(-c2ccco2)oc2cc(O)ccc2c1=O. The third-order valence-corrected chi connectivity index (χ3v) is 2.85. The third kappa shape index (κ3) is 1.50. The minimum atomic E-state index is -0.123. The van der Waals surface area contributed by atoms with Crippen molar-refractivity contribution >= 4 is 11.0 Å². The molecule has 0 saturated heterocycles. The maximum absolute atomic E-state index is 12.2. The van der Waals surface area contributed by atoms with Crippen LogP contribution in [-0.2, 0) is 0 Å². The molecule has 0 spiro atoms. The summed E-state index contributed by atoms with van der Waals surface area (Å²) < 4.78 is 10.9. The molecule has 0 bridgehead atoms. The van der Waals surface area contributed by atoms with E-state index >= 15 is 0 Å². The van der Waals surface area contributed by atoms with Crippen LogP contribution in [0.25, 0.3) is 22.5 Å². The van der Waals surface area contributed by atoms with Crippen molar-refractivity contribution in [3.8, 4) is 17.3 Å². The van der Waals surface area contributed by atoms with E-state index in [0.717, 1.165) is 0 Å². The first-order valence-corrected chi connectivity index (χ1v) is 5.47. The number of rotatable bonds is 1. The Hall–Kier alpha value is -2.49. The standard InChI is InChI=1S/C14H10O4/c1-8-13(16)10-5-4-9(15)7-12(10)18-14(8)11-3-2-6-17-11/h2-7,15H,1H3. The topological polar surface area (TPSA) is 63.6 Å². The van der Waals surface area contributed by atoms with Crippen LogP contribution in [0, 0.1) is 6.92 Å². The van der Waals surface area contributed by atoms with Gasteiger partial charge in [0.05, 0.1) is 11.6 Å². The van der Waals surface area contributed by atoms with E-state index in [0.29, 0.717) is 28.1 Å². The van der Waals surface area contributed by atoms with Crippen molar-refractivity contribution in [1.82, 2.24) is 0 Å². The first-order chi connectivity index (χ1) is 8.66. The van der Waals surface area contributed by atoms with E-state index in [9.17, 15) is 9.90 Å². The van der Waals surface area contributed by atoms with Crippen molar-refractivity contribution in [2.75, 3.05) is 0 Å². The summed E-state index contributed by atoms with van der Waals surface area (Å²) in [6.45, 7) is 1.69. The molecule has 0 aliphatic heterocycles. The van der Waals surface area contributed by atoms with Gasteiger partial charge in [0.1, 0.15) is 11.3 Å². The quantitative estimate of drug-likeness (QED) is 0.712. The minimum Gasteiger partial charge on any atom is -0.508 e. The molecule has 1 aromatic carbocycles. The van der Waals surface area contributed by atoms with Gasteiger partial charge in [0.15, 0.2) is 16.9 Å². The summed E-state index contributed by atoms with van der Waals surface area (Å²) in [5, 5.41) is 9.87. The van der Waals surface area contributed by atoms with Crippen LogP contribution in [0.15, 0.2) is 50.2 Å². The average Bonchev–Trinajstić information content (AvgIpc) is 2.87. The Morgan fingerprint density at radius 2 is 2.06 bits per heavy atom. The van der Waals surface area contributed by atoms with Crippen LogP contribution in [0.2, 0.25) is 0 Å². The van der Waals surface area contributed by atoms with Crippen molar-refractivity contribution in [3.05, 3.63) is 52.4 Å². The van der Waals surface area contributed by atoms with Gasteiger partial charge in [0.2, 0.25) is 0 Å². The number of hydrogen-bond donors (Lipinski definition) is 1. The van der Waals surface area contributed by atoms with Crippen LogP contribution in [0.5, 0.6) is 5.75 Å². The molecule has 2 heterocycles. The predicted molar refractivity (Wildman–Crippen MR) is 66.6 cm³/mol. The van der Waals surface area contributed by atoms with E-state index in [-0.39, 0.29) is 11.2 Å². The van der Waals surface area contributed by atoms with Crippen LogP contribution < -0.4 is 5.43 Å². The largest absolute Gasteiger partial charge is 0.508 e. The first kappa shape index (κ1) is 10.7. The van der Waals surface area contributed by atoms with Crippen molar-refractivity contribution < 1.29 is 13.9 Å². The second-order valence-electron chi connectivity index (χ2n) is 4.04. The lowest BCUT2D eigenvalue weighted by Crippen LogP contribution is -2.06. The molecular formula is C14H10O4. The van der Waals surface area contributed by atoms with E-state index in [1.807, 2.05) is 0 Å². The van der Waals surface area contributed by atoms with Gasteiger partial charge in [0.25, 0.3) is 0 Å². The first-order valence-electron chi connectivity index (χ1n) is 5.47. The summed E-state index contributed by atoms with van der Waals surface area (Å²) in [6.07, 6.45) is 1.52. The Morgan fingerprint density at radius 3 is 2.78 bits per heavy atom. The number of benzene rings is 1. The highest BCUT2D eigenvalue weighted by Gasteiger charge is 2.14. The van der Waals surface area contributed by atoms with E-state index in [1.165, 1.54) is 18.4 Å². The van der Waals surface area contributed by atoms with Gasteiger partial charge < -0.3 is 13.9 Å². The van der Waals surface area contributed by atoms with Gasteiger partial charge in [0, 0.05) is 11.6 Å². The monoisotopic (exact) mass is 242 g/mol. The molecule has 4 heteroatoms. The fourth-order valence-corrected chi connectivity index (χ4v) is 1.92. The Labute approximate surface area is 102 Å². The molecule has 3 rings (SSSR count). The van der Waals surface area contributed by atoms with Crippen LogP contribution in [0.1, 0.15) is 5.56 Å². The molecule has 90 valence electrons. The van der Waals surface area contributed by atoms with Crippen molar-refractivity contribution in [1.29, 1.82) is 0 Å². The molecule has 0 atom stereocenters. The van der Waals surface area contributed by atoms with Gasteiger partial charge in [-0.05, 0) is 31.2 Å². The average molecular weight is 242 g/mol. The van der Waals surface area contributed by atoms with Gasteiger partial charge in [-0.2, -0.15) is 0 Å². The van der Waals surface area contributed by atoms with Crippen LogP contribution >= 0.6 is 0 Å². The highest BCUT2D eigenvalue weighted by molar-refractivity contribution is 5.80. The molecule has 0 radical (unpaired) electrons. The second-order valence-corrected chi connectivity index (χ2v) is 4.04. The summed E-state index contributed by atoms with van der Waals surface area (Å²) in [4.78, 5) is 12.2. The molecule has 3 aromatic rings. The van der Waals surface area contributed by atoms with E-state index < -0.39 is 0 Å². The van der Waals surface area contributed by atoms with E-state index in [4.69, 9.17) is 8.83 Å². The van der Waals surface area contributed by atoms with Crippen molar-refractivity contribution in [2.24, 2.45) is 0 Å². The third-order valence-electron chi connectivity index (χ3n) is 2.85. The fourth-order valence-electron chi connectivity index (χ4n) is 1.92. The van der Waals surface area contributed by atoms with Gasteiger partial charge >= 0.3 is 0 Å². The lowest BCUT2D eigenvalue weighted by molar-refractivity contribution is 0.473. The summed E-state index contributed by atoms with van der Waals surface area (Å²) in [5.74, 6) is 0.942. The van der Waals surface area contributed by atoms with E-state index in [1.54, 1.807) is 25.1 Å². The maximum Gasteiger partial charge on any atom is 0.196 e. The van der Waals surface area contributed by atoms with Gasteiger partial charge in [-0.3, -0.25) is 4.79 Å². The number of hydrogen-bond acceptors (Lipinski definition) is 4. The summed E-state index contributed by atoms with van der Waals surface area (Å²) in [7, 11) is 0. The number of phenols is 1. The Kier molecular flexibility index (Phi) is 2.23. The zero-order chi connectivity index (χ0) is 12.7. The number of phenolic OH excluding ortho intramolecular Hbond substituents is 1. The molecule has 2 aromatic heterocycles. The molecule has 0 amide bonds. The highest BCUT2D eigenvalue weighted by atomic mass is 16.4. The summed E-state index contributed by atoms with van der Waals surface area (Å²) in [5.41, 5.74) is 0.711. The molecule has 4 nitrogen and oxygen atoms in total. The van der Waals surface area contributed by atoms with Crippen molar-refractivity contribution in [3.63, 3.8) is 0 Å². The van der Waals surface area contributed by atoms with E-state index in [2.05, 4.69) is 0 Å². The number of furan rings is 1. The lowest BCUT2D eigenvalue weighted by atomic mass is 10.1. The van der Waals surface area contributed by atoms with Crippen molar-refractivity contribution in [2.45, 2.75) is 6.92 Å². The Morgan fingerprint density at radius 1 is 1.22 bits per heavy atom. The summed E-state index contributed by atoms with van der Waals surface area (Å²) >= 11 is 0. The second kappa shape index (κ2) is 3.77. The zero-order valence-corrected chi connectivity index (χ0v) is 9.64. The Balaban J connectivity index is 2.41. The smallest absolute Gasteiger partial charge is 0.196 e. The Bertz CT molecular complexity index is 766. The molecule has 0 fully saturated rings. The predicted octanol–water partition coefficient (Wildman–Crippen LogP) is 3.07. The minimum absolute atomic E-state index is 0.0555. The maximum atomic E-state index is 12.2. The fraction of sp³-hybridized carbons (Fsp3) is 0.0714. The zero-order valence-electron chi connectivity index (χ0n) is 9.64. The number of fused-ring (bicyclic) bond motifs is 1. The lowest BCUT2D eigenvalue weighted by Gasteiger charge is -2.04. The molecular weight excluding hydrogens is 232 g/mol. The van der Waals surface area contributed by atoms with Gasteiger partial charge in [-0.25, -0.2) is 0 Å². The van der Waals surface area contributed by atoms with Crippen LogP contribution in [0.3, 0.4) is 0 Å².